The van der Waals surface area contributed by atoms with E-state index >= 15 is 0 Å². The fraction of sp³-hybridized carbons (Fsp3) is 0.211. The summed E-state index contributed by atoms with van der Waals surface area (Å²) in [6, 6.07) is 9.08. The van der Waals surface area contributed by atoms with Crippen LogP contribution in [0.4, 0.5) is 15.8 Å². The summed E-state index contributed by atoms with van der Waals surface area (Å²) in [5.41, 5.74) is 3.14. The molecular formula is C19H20BrFN4O3. The van der Waals surface area contributed by atoms with Gasteiger partial charge < -0.3 is 15.3 Å². The third kappa shape index (κ3) is 5.53. The zero-order chi connectivity index (χ0) is 20.7. The Hall–Kier alpha value is -2.94. The monoisotopic (exact) mass is 450 g/mol. The van der Waals surface area contributed by atoms with Gasteiger partial charge in [0.1, 0.15) is 11.6 Å². The molecule has 148 valence electrons. The van der Waals surface area contributed by atoms with Crippen molar-refractivity contribution >= 4 is 45.3 Å². The minimum atomic E-state index is -1.07. The molecule has 0 spiro atoms. The molecule has 0 radical (unpaired) electrons. The number of amides is 2. The third-order valence-electron chi connectivity index (χ3n) is 3.90. The van der Waals surface area contributed by atoms with Crippen LogP contribution in [0.15, 0.2) is 46.0 Å². The summed E-state index contributed by atoms with van der Waals surface area (Å²) in [5, 5.41) is 15.9. The van der Waals surface area contributed by atoms with Gasteiger partial charge in [0.25, 0.3) is 0 Å². The summed E-state index contributed by atoms with van der Waals surface area (Å²) in [4.78, 5) is 25.7. The Labute approximate surface area is 170 Å². The predicted octanol–water partition coefficient (Wildman–Crippen LogP) is 3.23. The van der Waals surface area contributed by atoms with E-state index < -0.39 is 17.6 Å². The maximum Gasteiger partial charge on any atom is 0.329 e. The van der Waals surface area contributed by atoms with Crippen LogP contribution in [-0.2, 0) is 9.59 Å². The average Bonchev–Trinajstić information content (AvgIpc) is 2.66. The number of hydrogen-bond donors (Lipinski definition) is 3. The number of rotatable bonds is 6. The van der Waals surface area contributed by atoms with Crippen molar-refractivity contribution in [3.05, 3.63) is 52.3 Å². The molecule has 0 bridgehead atoms. The Morgan fingerprint density at radius 1 is 1.18 bits per heavy atom. The number of carbonyl (C=O) groups is 2. The van der Waals surface area contributed by atoms with Crippen LogP contribution in [0.3, 0.4) is 0 Å². The third-order valence-corrected chi connectivity index (χ3v) is 4.39. The summed E-state index contributed by atoms with van der Waals surface area (Å²) < 4.78 is 14.2. The summed E-state index contributed by atoms with van der Waals surface area (Å²) in [5.74, 6) is -2.83. The molecule has 7 nitrogen and oxygen atoms in total. The van der Waals surface area contributed by atoms with E-state index in [0.29, 0.717) is 10.0 Å². The van der Waals surface area contributed by atoms with Crippen molar-refractivity contribution in [1.29, 1.82) is 0 Å². The van der Waals surface area contributed by atoms with Crippen LogP contribution >= 0.6 is 15.9 Å². The molecule has 2 amide bonds. The maximum atomic E-state index is 13.7. The van der Waals surface area contributed by atoms with Crippen molar-refractivity contribution in [3.8, 4) is 5.75 Å². The van der Waals surface area contributed by atoms with E-state index in [1.165, 1.54) is 18.3 Å². The second-order valence-corrected chi connectivity index (χ2v) is 6.61. The number of anilines is 2. The molecule has 0 aliphatic heterocycles. The lowest BCUT2D eigenvalue weighted by molar-refractivity contribution is -0.136. The van der Waals surface area contributed by atoms with E-state index in [2.05, 4.69) is 31.2 Å². The van der Waals surface area contributed by atoms with Crippen molar-refractivity contribution in [3.63, 3.8) is 0 Å². The molecule has 0 unspecified atom stereocenters. The molecule has 0 saturated carbocycles. The molecule has 0 heterocycles. The summed E-state index contributed by atoms with van der Waals surface area (Å²) in [7, 11) is 0. The fourth-order valence-corrected chi connectivity index (χ4v) is 2.74. The molecule has 0 aromatic heterocycles. The van der Waals surface area contributed by atoms with Crippen LogP contribution < -0.4 is 15.6 Å². The standard InChI is InChI=1S/C19H20BrFN4O3/c1-3-25(4-2)14-7-5-12(17(26)10-14)11-22-24-19(28)18(27)23-16-8-6-13(20)9-15(16)21/h5-11,26H,3-4H2,1-2H3,(H,23,27)(H,24,28)/b22-11+. The molecule has 2 aromatic carbocycles. The van der Waals surface area contributed by atoms with Crippen molar-refractivity contribution < 1.29 is 19.1 Å². The van der Waals surface area contributed by atoms with E-state index in [4.69, 9.17) is 0 Å². The van der Waals surface area contributed by atoms with Crippen LogP contribution in [0.5, 0.6) is 5.75 Å². The lowest BCUT2D eigenvalue weighted by Gasteiger charge is -2.21. The average molecular weight is 451 g/mol. The summed E-state index contributed by atoms with van der Waals surface area (Å²) in [6.07, 6.45) is 1.22. The highest BCUT2D eigenvalue weighted by atomic mass is 79.9. The summed E-state index contributed by atoms with van der Waals surface area (Å²) >= 11 is 3.10. The topological polar surface area (TPSA) is 94.0 Å². The van der Waals surface area contributed by atoms with Gasteiger partial charge in [-0.3, -0.25) is 9.59 Å². The molecule has 28 heavy (non-hydrogen) atoms. The van der Waals surface area contributed by atoms with Crippen molar-refractivity contribution in [2.75, 3.05) is 23.3 Å². The number of benzene rings is 2. The zero-order valence-electron chi connectivity index (χ0n) is 15.4. The van der Waals surface area contributed by atoms with Crippen LogP contribution in [0.2, 0.25) is 0 Å². The number of nitrogens with zero attached hydrogens (tertiary/aromatic N) is 2. The first kappa shape index (κ1) is 21.4. The molecule has 2 rings (SSSR count). The second kappa shape index (κ2) is 9.84. The minimum absolute atomic E-state index is 0.0104. The number of hydrazone groups is 1. The van der Waals surface area contributed by atoms with E-state index in [-0.39, 0.29) is 11.4 Å². The Morgan fingerprint density at radius 2 is 1.89 bits per heavy atom. The van der Waals surface area contributed by atoms with Gasteiger partial charge in [0.15, 0.2) is 0 Å². The molecule has 9 heteroatoms. The first-order chi connectivity index (χ1) is 13.3. The van der Waals surface area contributed by atoms with E-state index in [1.54, 1.807) is 12.1 Å². The normalized spacial score (nSPS) is 10.7. The lowest BCUT2D eigenvalue weighted by Crippen LogP contribution is -2.32. The van der Waals surface area contributed by atoms with Gasteiger partial charge in [-0.25, -0.2) is 9.82 Å². The first-order valence-corrected chi connectivity index (χ1v) is 9.32. The first-order valence-electron chi connectivity index (χ1n) is 8.53. The summed E-state index contributed by atoms with van der Waals surface area (Å²) in [6.45, 7) is 5.62. The van der Waals surface area contributed by atoms with Crippen LogP contribution in [0.1, 0.15) is 19.4 Å². The van der Waals surface area contributed by atoms with Gasteiger partial charge in [0.05, 0.1) is 11.9 Å². The Kier molecular flexibility index (Phi) is 7.51. The smallest absolute Gasteiger partial charge is 0.329 e. The van der Waals surface area contributed by atoms with Gasteiger partial charge >= 0.3 is 11.8 Å². The van der Waals surface area contributed by atoms with Crippen molar-refractivity contribution in [2.45, 2.75) is 13.8 Å². The number of hydrogen-bond acceptors (Lipinski definition) is 5. The molecule has 2 aromatic rings. The predicted molar refractivity (Wildman–Crippen MR) is 110 cm³/mol. The van der Waals surface area contributed by atoms with Crippen LogP contribution in [0.25, 0.3) is 0 Å². The van der Waals surface area contributed by atoms with E-state index in [0.717, 1.165) is 24.8 Å². The van der Waals surface area contributed by atoms with Gasteiger partial charge in [0, 0.05) is 34.9 Å². The number of halogens is 2. The number of carbonyl (C=O) groups excluding carboxylic acids is 2. The van der Waals surface area contributed by atoms with Gasteiger partial charge in [-0.1, -0.05) is 15.9 Å². The molecule has 3 N–H and O–H groups in total. The molecule has 0 aliphatic carbocycles. The highest BCUT2D eigenvalue weighted by Gasteiger charge is 2.15. The molecule has 0 saturated heterocycles. The molecular weight excluding hydrogens is 431 g/mol. The van der Waals surface area contributed by atoms with E-state index in [1.807, 2.05) is 25.3 Å². The van der Waals surface area contributed by atoms with Gasteiger partial charge in [-0.2, -0.15) is 5.10 Å². The van der Waals surface area contributed by atoms with E-state index in [9.17, 15) is 19.1 Å². The van der Waals surface area contributed by atoms with Crippen molar-refractivity contribution in [2.24, 2.45) is 5.10 Å². The number of phenolic OH excluding ortho intramolecular Hbond substituents is 1. The molecule has 0 atom stereocenters. The maximum absolute atomic E-state index is 13.7. The second-order valence-electron chi connectivity index (χ2n) is 5.69. The SMILES string of the molecule is CCN(CC)c1ccc(/C=N/NC(=O)C(=O)Nc2ccc(Br)cc2F)c(O)c1. The Balaban J connectivity index is 1.98. The van der Waals surface area contributed by atoms with Crippen LogP contribution in [-0.4, -0.2) is 36.2 Å². The Bertz CT molecular complexity index is 901. The largest absolute Gasteiger partial charge is 0.507 e. The zero-order valence-corrected chi connectivity index (χ0v) is 17.0. The molecule has 0 fully saturated rings. The highest BCUT2D eigenvalue weighted by Crippen LogP contribution is 2.23. The minimum Gasteiger partial charge on any atom is -0.507 e. The lowest BCUT2D eigenvalue weighted by atomic mass is 10.2. The van der Waals surface area contributed by atoms with Crippen LogP contribution in [0, 0.1) is 5.82 Å². The number of nitrogens with one attached hydrogen (secondary N) is 2. The number of phenols is 1. The fourth-order valence-electron chi connectivity index (χ4n) is 2.41. The van der Waals surface area contributed by atoms with Gasteiger partial charge in [0.2, 0.25) is 0 Å². The quantitative estimate of drug-likeness (QED) is 0.357. The molecule has 0 aliphatic rings. The Morgan fingerprint density at radius 3 is 2.50 bits per heavy atom. The van der Waals surface area contributed by atoms with Crippen molar-refractivity contribution in [1.82, 2.24) is 5.43 Å². The van der Waals surface area contributed by atoms with Gasteiger partial charge in [-0.05, 0) is 44.2 Å². The van der Waals surface area contributed by atoms with Gasteiger partial charge in [-0.15, -0.1) is 0 Å². The highest BCUT2D eigenvalue weighted by molar-refractivity contribution is 9.10. The number of aromatic hydroxyl groups is 1.